The monoisotopic (exact) mass is 752 g/mol. The Morgan fingerprint density at radius 2 is 0.873 bits per heavy atom. The molecule has 0 aliphatic rings. The van der Waals surface area contributed by atoms with Gasteiger partial charge in [-0.05, 0) is 183 Å². The van der Waals surface area contributed by atoms with E-state index in [1.807, 2.05) is 13.8 Å². The van der Waals surface area contributed by atoms with Gasteiger partial charge in [0.05, 0.1) is 0 Å². The summed E-state index contributed by atoms with van der Waals surface area (Å²) in [6.07, 6.45) is 40.6. The van der Waals surface area contributed by atoms with Gasteiger partial charge in [0.15, 0.2) is 0 Å². The molecule has 2 nitrogen and oxygen atoms in total. The average Bonchev–Trinajstić information content (AvgIpc) is 3.11. The third-order valence-corrected chi connectivity index (χ3v) is 11.1. The van der Waals surface area contributed by atoms with Crippen LogP contribution in [0.15, 0.2) is 99.3 Å². The summed E-state index contributed by atoms with van der Waals surface area (Å²) < 4.78 is 0. The fourth-order valence-electron chi connectivity index (χ4n) is 6.73. The van der Waals surface area contributed by atoms with Crippen LogP contribution in [0.5, 0.6) is 11.5 Å². The molecule has 0 bridgehead atoms. The molecule has 0 aliphatic heterocycles. The van der Waals surface area contributed by atoms with E-state index in [4.69, 9.17) is 0 Å². The lowest BCUT2D eigenvalue weighted by Gasteiger charge is -2.20. The molecule has 0 heterocycles. The van der Waals surface area contributed by atoms with Crippen LogP contribution in [-0.4, -0.2) is 10.2 Å². The zero-order valence-electron chi connectivity index (χ0n) is 37.8. The van der Waals surface area contributed by atoms with Crippen molar-refractivity contribution in [3.63, 3.8) is 0 Å². The number of allylic oxidation sites excluding steroid dienone is 16. The van der Waals surface area contributed by atoms with Crippen LogP contribution in [0.1, 0.15) is 189 Å². The van der Waals surface area contributed by atoms with Gasteiger partial charge in [0.1, 0.15) is 11.5 Å². The summed E-state index contributed by atoms with van der Waals surface area (Å²) >= 11 is 0. The molecule has 1 aromatic rings. The van der Waals surface area contributed by atoms with Gasteiger partial charge in [0.2, 0.25) is 0 Å². The van der Waals surface area contributed by atoms with E-state index in [1.165, 1.54) is 83.1 Å². The number of rotatable bonds is 27. The van der Waals surface area contributed by atoms with Crippen molar-refractivity contribution in [3.8, 4) is 11.5 Å². The van der Waals surface area contributed by atoms with Crippen molar-refractivity contribution >= 4 is 0 Å². The third-order valence-electron chi connectivity index (χ3n) is 11.1. The van der Waals surface area contributed by atoms with E-state index in [0.717, 1.165) is 80.9 Å². The van der Waals surface area contributed by atoms with Gasteiger partial charge in [0.25, 0.3) is 0 Å². The van der Waals surface area contributed by atoms with Gasteiger partial charge in [-0.3, -0.25) is 0 Å². The normalized spacial score (nSPS) is 14.5. The van der Waals surface area contributed by atoms with Crippen molar-refractivity contribution in [3.05, 3.63) is 122 Å². The lowest BCUT2D eigenvalue weighted by atomic mass is 9.96. The molecule has 0 saturated heterocycles. The largest absolute Gasteiger partial charge is 0.508 e. The fourth-order valence-corrected chi connectivity index (χ4v) is 6.73. The molecule has 0 fully saturated rings. The molecule has 0 saturated carbocycles. The van der Waals surface area contributed by atoms with Crippen molar-refractivity contribution in [1.29, 1.82) is 0 Å². The first-order valence-electron chi connectivity index (χ1n) is 21.7. The van der Waals surface area contributed by atoms with Crippen LogP contribution in [0.4, 0.5) is 0 Å². The summed E-state index contributed by atoms with van der Waals surface area (Å²) in [4.78, 5) is 0. The molecule has 55 heavy (non-hydrogen) atoms. The Balaban J connectivity index is 2.26. The van der Waals surface area contributed by atoms with Crippen LogP contribution >= 0.6 is 0 Å². The minimum Gasteiger partial charge on any atom is -0.508 e. The standard InChI is InChI=1S/C53H83O2/c1-40(2)21-13-22-41(3)23-14-24-42(4)25-15-26-43(5)27-16-28-44(6)29-17-30-45(7)31-18-32-46(8)33-19-34-47(9)35-20-36-48(10)37-38-51-39-52(54)49(11)50(12)53(51)55/h21,23,25,27,29,31,33,35,37,39,41,54-55H,13-20,22,24,26,28,30,32,34,36,38H2,1-12H3/q-1/b42-25+,43-27+,44-29+,45-31+,46-33+,47-35+,48-37+/t41-/m0/s1. The highest BCUT2D eigenvalue weighted by Gasteiger charge is 2.10. The maximum Gasteiger partial charge on any atom is 0.122 e. The number of hydrogen-bond donors (Lipinski definition) is 2. The Hall–Kier alpha value is -3.26. The lowest BCUT2D eigenvalue weighted by molar-refractivity contribution is 0.448. The van der Waals surface area contributed by atoms with E-state index >= 15 is 0 Å². The summed E-state index contributed by atoms with van der Waals surface area (Å²) in [5.41, 5.74) is 14.1. The predicted octanol–water partition coefficient (Wildman–Crippen LogP) is 16.9. The van der Waals surface area contributed by atoms with Gasteiger partial charge in [-0.1, -0.05) is 113 Å². The van der Waals surface area contributed by atoms with Gasteiger partial charge in [-0.2, -0.15) is 12.3 Å². The molecule has 0 spiro atoms. The van der Waals surface area contributed by atoms with E-state index in [-0.39, 0.29) is 5.75 Å². The van der Waals surface area contributed by atoms with Crippen LogP contribution in [0, 0.1) is 26.2 Å². The first-order chi connectivity index (χ1) is 26.1. The Bertz CT molecular complexity index is 1530. The molecule has 0 amide bonds. The van der Waals surface area contributed by atoms with Crippen molar-refractivity contribution in [2.45, 2.75) is 192 Å². The van der Waals surface area contributed by atoms with Crippen LogP contribution in [0.2, 0.25) is 0 Å². The van der Waals surface area contributed by atoms with Gasteiger partial charge < -0.3 is 16.6 Å². The average molecular weight is 752 g/mol. The maximum atomic E-state index is 10.4. The number of phenolic OH excluding ortho intramolecular Hbond substituents is 2. The molecule has 308 valence electrons. The van der Waals surface area contributed by atoms with Gasteiger partial charge in [-0.15, -0.1) is 0 Å². The van der Waals surface area contributed by atoms with Crippen LogP contribution in [-0.2, 0) is 6.42 Å². The smallest absolute Gasteiger partial charge is 0.122 e. The summed E-state index contributed by atoms with van der Waals surface area (Å²) in [5.74, 6) is 1.26. The fraction of sp³-hybridized carbons (Fsp3) is 0.566. The second kappa shape index (κ2) is 29.0. The highest BCUT2D eigenvalue weighted by molar-refractivity contribution is 5.51. The Labute approximate surface area is 341 Å². The minimum atomic E-state index is 0.255. The Morgan fingerprint density at radius 3 is 1.25 bits per heavy atom. The predicted molar refractivity (Wildman–Crippen MR) is 246 cm³/mol. The number of hydrogen-bond acceptors (Lipinski definition) is 2. The van der Waals surface area contributed by atoms with Crippen LogP contribution < -0.4 is 0 Å². The molecule has 2 heteroatoms. The third kappa shape index (κ3) is 24.8. The number of phenols is 2. The minimum absolute atomic E-state index is 0.255. The molecular formula is C53H83O2-. The lowest BCUT2D eigenvalue weighted by Crippen LogP contribution is -1.95. The zero-order chi connectivity index (χ0) is 41.2. The second-order valence-corrected chi connectivity index (χ2v) is 17.1. The van der Waals surface area contributed by atoms with E-state index in [0.29, 0.717) is 18.1 Å². The van der Waals surface area contributed by atoms with Crippen LogP contribution in [0.3, 0.4) is 0 Å². The van der Waals surface area contributed by atoms with Crippen molar-refractivity contribution in [2.24, 2.45) is 5.92 Å². The van der Waals surface area contributed by atoms with Crippen molar-refractivity contribution < 1.29 is 10.2 Å². The highest BCUT2D eigenvalue weighted by atomic mass is 16.3. The summed E-state index contributed by atoms with van der Waals surface area (Å²) in [6.45, 7) is 26.3. The van der Waals surface area contributed by atoms with E-state index < -0.39 is 0 Å². The number of benzene rings is 1. The van der Waals surface area contributed by atoms with Crippen molar-refractivity contribution in [1.82, 2.24) is 0 Å². The second-order valence-electron chi connectivity index (χ2n) is 17.1. The quantitative estimate of drug-likeness (QED) is 0.0534. The van der Waals surface area contributed by atoms with Crippen LogP contribution in [0.25, 0.3) is 0 Å². The highest BCUT2D eigenvalue weighted by Crippen LogP contribution is 2.32. The first-order valence-corrected chi connectivity index (χ1v) is 21.7. The van der Waals surface area contributed by atoms with Gasteiger partial charge in [-0.25, -0.2) is 0 Å². The molecule has 0 unspecified atom stereocenters. The van der Waals surface area contributed by atoms with Crippen molar-refractivity contribution in [2.75, 3.05) is 0 Å². The molecule has 0 aromatic heterocycles. The van der Waals surface area contributed by atoms with Gasteiger partial charge in [0, 0.05) is 5.56 Å². The summed E-state index contributed by atoms with van der Waals surface area (Å²) in [5, 5.41) is 20.6. The summed E-state index contributed by atoms with van der Waals surface area (Å²) in [7, 11) is 0. The molecule has 0 aliphatic carbocycles. The molecular weight excluding hydrogens is 669 g/mol. The molecule has 1 rings (SSSR count). The van der Waals surface area contributed by atoms with Gasteiger partial charge >= 0.3 is 0 Å². The Morgan fingerprint density at radius 1 is 0.509 bits per heavy atom. The van der Waals surface area contributed by atoms with E-state index in [9.17, 15) is 10.2 Å². The maximum absolute atomic E-state index is 10.4. The summed E-state index contributed by atoms with van der Waals surface area (Å²) in [6, 6.07) is 1.69. The van der Waals surface area contributed by atoms with E-state index in [1.54, 1.807) is 6.07 Å². The number of aromatic hydroxyl groups is 2. The molecule has 0 radical (unpaired) electrons. The topological polar surface area (TPSA) is 40.5 Å². The first kappa shape index (κ1) is 49.8. The Kier molecular flexibility index (Phi) is 26.3. The molecule has 1 aromatic carbocycles. The SMILES string of the molecule is CC(C)=CCC[C@H](C)[CH-]CC/C(C)=C/CC/C(C)=C/CC/C(C)=C/CC/C(C)=C/CC/C(C)=C/CC/C(C)=C/CC/C(C)=C/Cc1cc(O)c(C)c(C)c1O. The van der Waals surface area contributed by atoms with E-state index in [2.05, 4.69) is 124 Å². The molecule has 1 atom stereocenters. The molecule has 2 N–H and O–H groups in total. The zero-order valence-corrected chi connectivity index (χ0v) is 37.8.